The molecule has 0 fully saturated rings. The molecule has 0 aliphatic rings. The van der Waals surface area contributed by atoms with Crippen molar-refractivity contribution in [2.75, 3.05) is 31.6 Å². The van der Waals surface area contributed by atoms with Gasteiger partial charge < -0.3 is 14.4 Å². The van der Waals surface area contributed by atoms with Gasteiger partial charge in [0.25, 0.3) is 5.17 Å². The molecular weight excluding hydrogens is 462 g/mol. The second-order valence-electron chi connectivity index (χ2n) is 8.53. The van der Waals surface area contributed by atoms with E-state index in [1.165, 1.54) is 5.56 Å². The SMILES string of the molecule is CCN(CCOc1cccc(N(C)C(=S)Oc2ccc(C(C)(C)C#N)cc2)c1)Cc1ccsc1. The van der Waals surface area contributed by atoms with Crippen molar-refractivity contribution >= 4 is 34.4 Å². The first kappa shape index (κ1) is 25.7. The lowest BCUT2D eigenvalue weighted by Crippen LogP contribution is -2.29. The summed E-state index contributed by atoms with van der Waals surface area (Å²) in [5.41, 5.74) is 2.61. The third-order valence-electron chi connectivity index (χ3n) is 5.65. The number of nitrogens with zero attached hydrogens (tertiary/aromatic N) is 3. The predicted molar refractivity (Wildman–Crippen MR) is 144 cm³/mol. The molecule has 0 saturated carbocycles. The van der Waals surface area contributed by atoms with Crippen LogP contribution in [0.1, 0.15) is 31.9 Å². The highest BCUT2D eigenvalue weighted by Gasteiger charge is 2.19. The maximum atomic E-state index is 9.31. The lowest BCUT2D eigenvalue weighted by molar-refractivity contribution is 0.210. The van der Waals surface area contributed by atoms with E-state index in [1.54, 1.807) is 11.3 Å². The van der Waals surface area contributed by atoms with Crippen LogP contribution in [0.15, 0.2) is 65.4 Å². The first-order chi connectivity index (χ1) is 16.3. The summed E-state index contributed by atoms with van der Waals surface area (Å²) in [5.74, 6) is 1.42. The molecule has 3 aromatic rings. The van der Waals surface area contributed by atoms with Crippen LogP contribution in [0, 0.1) is 11.3 Å². The molecule has 5 nitrogen and oxygen atoms in total. The molecule has 0 spiro atoms. The summed E-state index contributed by atoms with van der Waals surface area (Å²) in [6.45, 7) is 9.32. The van der Waals surface area contributed by atoms with Gasteiger partial charge in [0.1, 0.15) is 18.1 Å². The van der Waals surface area contributed by atoms with Crippen LogP contribution in [-0.2, 0) is 12.0 Å². The Bertz CT molecular complexity index is 1110. The van der Waals surface area contributed by atoms with Crippen molar-refractivity contribution in [3.63, 3.8) is 0 Å². The van der Waals surface area contributed by atoms with Crippen molar-refractivity contribution in [3.8, 4) is 17.6 Å². The van der Waals surface area contributed by atoms with Crippen molar-refractivity contribution in [1.29, 1.82) is 5.26 Å². The van der Waals surface area contributed by atoms with E-state index in [-0.39, 0.29) is 0 Å². The molecule has 0 saturated heterocycles. The number of thiocarbonyl (C=S) groups is 1. The number of hydrogen-bond acceptors (Lipinski definition) is 6. The molecule has 0 amide bonds. The highest BCUT2D eigenvalue weighted by Crippen LogP contribution is 2.26. The van der Waals surface area contributed by atoms with Crippen LogP contribution < -0.4 is 14.4 Å². The molecule has 2 aromatic carbocycles. The monoisotopic (exact) mass is 493 g/mol. The fraction of sp³-hybridized carbons (Fsp3) is 0.333. The van der Waals surface area contributed by atoms with E-state index in [2.05, 4.69) is 34.7 Å². The second-order valence-corrected chi connectivity index (χ2v) is 9.66. The van der Waals surface area contributed by atoms with E-state index >= 15 is 0 Å². The summed E-state index contributed by atoms with van der Waals surface area (Å²) in [4.78, 5) is 4.17. The molecule has 178 valence electrons. The van der Waals surface area contributed by atoms with Crippen LogP contribution in [0.4, 0.5) is 5.69 Å². The molecule has 34 heavy (non-hydrogen) atoms. The van der Waals surface area contributed by atoms with E-state index < -0.39 is 5.41 Å². The van der Waals surface area contributed by atoms with Gasteiger partial charge in [0.15, 0.2) is 0 Å². The summed E-state index contributed by atoms with van der Waals surface area (Å²) in [6, 6.07) is 19.8. The molecule has 0 aliphatic carbocycles. The van der Waals surface area contributed by atoms with E-state index in [9.17, 15) is 5.26 Å². The normalized spacial score (nSPS) is 11.2. The molecule has 3 rings (SSSR count). The maximum Gasteiger partial charge on any atom is 0.269 e. The number of hydrogen-bond donors (Lipinski definition) is 0. The van der Waals surface area contributed by atoms with Crippen molar-refractivity contribution in [2.24, 2.45) is 0 Å². The van der Waals surface area contributed by atoms with Gasteiger partial charge in [0.05, 0.1) is 11.5 Å². The molecule has 1 heterocycles. The van der Waals surface area contributed by atoms with Crippen LogP contribution in [-0.4, -0.2) is 36.8 Å². The minimum atomic E-state index is -0.547. The third-order valence-corrected chi connectivity index (χ3v) is 6.74. The van der Waals surface area contributed by atoms with Gasteiger partial charge in [-0.3, -0.25) is 4.90 Å². The van der Waals surface area contributed by atoms with Crippen LogP contribution in [0.2, 0.25) is 0 Å². The van der Waals surface area contributed by atoms with Gasteiger partial charge in [-0.15, -0.1) is 0 Å². The summed E-state index contributed by atoms with van der Waals surface area (Å²) in [5, 5.41) is 13.9. The smallest absolute Gasteiger partial charge is 0.269 e. The molecule has 0 unspecified atom stereocenters. The van der Waals surface area contributed by atoms with Gasteiger partial charge in [0.2, 0.25) is 0 Å². The Morgan fingerprint density at radius 3 is 2.53 bits per heavy atom. The van der Waals surface area contributed by atoms with E-state index in [4.69, 9.17) is 21.7 Å². The van der Waals surface area contributed by atoms with Crippen LogP contribution in [0.5, 0.6) is 11.5 Å². The zero-order valence-electron chi connectivity index (χ0n) is 20.2. The van der Waals surface area contributed by atoms with Crippen molar-refractivity contribution in [3.05, 3.63) is 76.5 Å². The standard InChI is InChI=1S/C27H31N3O2S2/c1-5-30(18-21-13-16-34-19-21)14-15-31-25-8-6-7-23(17-25)29(4)26(33)32-24-11-9-22(10-12-24)27(2,3)20-28/h6-13,16-17,19H,5,14-15,18H2,1-4H3. The second kappa shape index (κ2) is 12.0. The van der Waals surface area contributed by atoms with Gasteiger partial charge in [-0.2, -0.15) is 16.6 Å². The molecule has 0 radical (unpaired) electrons. The molecule has 0 bridgehead atoms. The van der Waals surface area contributed by atoms with Gasteiger partial charge >= 0.3 is 0 Å². The quantitative estimate of drug-likeness (QED) is 0.311. The van der Waals surface area contributed by atoms with Crippen molar-refractivity contribution in [2.45, 2.75) is 32.7 Å². The fourth-order valence-corrected chi connectivity index (χ4v) is 4.20. The van der Waals surface area contributed by atoms with Crippen LogP contribution >= 0.6 is 23.6 Å². The maximum absolute atomic E-state index is 9.31. The Kier molecular flexibility index (Phi) is 9.05. The topological polar surface area (TPSA) is 48.7 Å². The Morgan fingerprint density at radius 2 is 1.88 bits per heavy atom. The minimum Gasteiger partial charge on any atom is -0.492 e. The zero-order chi connectivity index (χ0) is 24.6. The molecule has 0 aliphatic heterocycles. The highest BCUT2D eigenvalue weighted by atomic mass is 32.1. The number of anilines is 1. The summed E-state index contributed by atoms with van der Waals surface area (Å²) in [7, 11) is 1.87. The number of thiophene rings is 1. The molecule has 0 atom stereocenters. The predicted octanol–water partition coefficient (Wildman–Crippen LogP) is 6.25. The summed E-state index contributed by atoms with van der Waals surface area (Å²) in [6.07, 6.45) is 0. The number of ether oxygens (including phenoxy) is 2. The Labute approximate surface area is 212 Å². The average molecular weight is 494 g/mol. The summed E-state index contributed by atoms with van der Waals surface area (Å²) >= 11 is 7.24. The van der Waals surface area contributed by atoms with Crippen LogP contribution in [0.3, 0.4) is 0 Å². The fourth-order valence-electron chi connectivity index (χ4n) is 3.34. The van der Waals surface area contributed by atoms with Gasteiger partial charge in [-0.25, -0.2) is 0 Å². The van der Waals surface area contributed by atoms with Gasteiger partial charge in [-0.1, -0.05) is 25.1 Å². The van der Waals surface area contributed by atoms with Gasteiger partial charge in [-0.05, 0) is 84.8 Å². The third kappa shape index (κ3) is 7.04. The first-order valence-electron chi connectivity index (χ1n) is 11.3. The number of likely N-dealkylation sites (N-methyl/N-ethyl adjacent to an activating group) is 1. The largest absolute Gasteiger partial charge is 0.492 e. The summed E-state index contributed by atoms with van der Waals surface area (Å²) < 4.78 is 11.9. The van der Waals surface area contributed by atoms with E-state index in [1.807, 2.05) is 74.3 Å². The molecule has 0 N–H and O–H groups in total. The number of benzene rings is 2. The molecule has 1 aromatic heterocycles. The number of nitriles is 1. The first-order valence-corrected chi connectivity index (χ1v) is 12.6. The highest BCUT2D eigenvalue weighted by molar-refractivity contribution is 7.80. The van der Waals surface area contributed by atoms with Gasteiger partial charge in [0, 0.05) is 31.9 Å². The van der Waals surface area contributed by atoms with E-state index in [0.29, 0.717) is 17.5 Å². The van der Waals surface area contributed by atoms with Crippen LogP contribution in [0.25, 0.3) is 0 Å². The lowest BCUT2D eigenvalue weighted by Gasteiger charge is -2.22. The number of rotatable bonds is 10. The molecular formula is C27H31N3O2S2. The average Bonchev–Trinajstić information content (AvgIpc) is 3.36. The van der Waals surface area contributed by atoms with E-state index in [0.717, 1.165) is 36.6 Å². The van der Waals surface area contributed by atoms with Crippen molar-refractivity contribution < 1.29 is 9.47 Å². The molecule has 7 heteroatoms. The lowest BCUT2D eigenvalue weighted by atomic mass is 9.86. The zero-order valence-corrected chi connectivity index (χ0v) is 21.8. The van der Waals surface area contributed by atoms with Crippen molar-refractivity contribution in [1.82, 2.24) is 4.90 Å². The minimum absolute atomic E-state index is 0.331. The Balaban J connectivity index is 1.54. The Morgan fingerprint density at radius 1 is 1.12 bits per heavy atom. The Hall–Kier alpha value is -2.92.